The summed E-state index contributed by atoms with van der Waals surface area (Å²) in [6, 6.07) is 13.3. The van der Waals surface area contributed by atoms with E-state index in [1.54, 1.807) is 36.2 Å². The van der Waals surface area contributed by atoms with Gasteiger partial charge in [-0.25, -0.2) is 0 Å². The van der Waals surface area contributed by atoms with E-state index in [4.69, 9.17) is 32.7 Å². The third kappa shape index (κ3) is 6.74. The highest BCUT2D eigenvalue weighted by atomic mass is 35.5. The molecule has 2 heterocycles. The van der Waals surface area contributed by atoms with Crippen molar-refractivity contribution in [2.75, 3.05) is 36.0 Å². The Morgan fingerprint density at radius 3 is 2.56 bits per heavy atom. The summed E-state index contributed by atoms with van der Waals surface area (Å²) in [7, 11) is 0. The first-order valence-electron chi connectivity index (χ1n) is 13.5. The number of rotatable bonds is 10. The molecule has 3 aromatic rings. The predicted molar refractivity (Wildman–Crippen MR) is 157 cm³/mol. The van der Waals surface area contributed by atoms with Gasteiger partial charge in [-0.15, -0.1) is 0 Å². The topological polar surface area (TPSA) is 101 Å². The summed E-state index contributed by atoms with van der Waals surface area (Å²) in [6.07, 6.45) is 5.80. The van der Waals surface area contributed by atoms with Crippen LogP contribution in [0.25, 0.3) is 0 Å². The Hall–Kier alpha value is -3.82. The maximum atomic E-state index is 13.8. The average molecular weight is 597 g/mol. The molecule has 9 nitrogen and oxygen atoms in total. The van der Waals surface area contributed by atoms with Gasteiger partial charge in [0.05, 0.1) is 23.0 Å². The second-order valence-corrected chi connectivity index (χ2v) is 10.6. The molecule has 2 aromatic carbocycles. The summed E-state index contributed by atoms with van der Waals surface area (Å²) in [5.41, 5.74) is 2.87. The van der Waals surface area contributed by atoms with Crippen molar-refractivity contribution in [2.45, 2.75) is 38.6 Å². The third-order valence-corrected chi connectivity index (χ3v) is 7.62. The molecule has 1 saturated carbocycles. The second-order valence-electron chi connectivity index (χ2n) is 9.80. The van der Waals surface area contributed by atoms with Gasteiger partial charge in [-0.2, -0.15) is 0 Å². The van der Waals surface area contributed by atoms with Gasteiger partial charge in [0, 0.05) is 49.0 Å². The average Bonchev–Trinajstić information content (AvgIpc) is 3.82. The number of carbonyl (C=O) groups is 3. The maximum Gasteiger partial charge on any atom is 0.325 e. The minimum absolute atomic E-state index is 0.105. The van der Waals surface area contributed by atoms with Crippen LogP contribution in [0.3, 0.4) is 0 Å². The van der Waals surface area contributed by atoms with Crippen LogP contribution in [0, 0.1) is 0 Å². The molecular formula is C30H30Cl2N4O5. The predicted octanol–water partition coefficient (Wildman–Crippen LogP) is 5.42. The van der Waals surface area contributed by atoms with Crippen LogP contribution in [0.2, 0.25) is 10.0 Å². The molecule has 0 radical (unpaired) electrons. The summed E-state index contributed by atoms with van der Waals surface area (Å²) in [5, 5.41) is 3.15. The number of nitrogens with zero attached hydrogens (tertiary/aromatic N) is 3. The number of ether oxygens (including phenoxy) is 2. The minimum Gasteiger partial charge on any atom is -0.465 e. The van der Waals surface area contributed by atoms with Crippen molar-refractivity contribution in [3.05, 3.63) is 76.0 Å². The number of fused-ring (bicyclic) bond motifs is 1. The molecule has 1 aliphatic carbocycles. The molecule has 0 spiro atoms. The highest BCUT2D eigenvalue weighted by Crippen LogP contribution is 2.41. The van der Waals surface area contributed by atoms with Crippen molar-refractivity contribution >= 4 is 52.4 Å². The molecule has 0 unspecified atom stereocenters. The van der Waals surface area contributed by atoms with Gasteiger partial charge < -0.3 is 24.6 Å². The lowest BCUT2D eigenvalue weighted by molar-refractivity contribution is -0.143. The van der Waals surface area contributed by atoms with Crippen molar-refractivity contribution in [2.24, 2.45) is 0 Å². The zero-order valence-electron chi connectivity index (χ0n) is 22.6. The second kappa shape index (κ2) is 12.8. The van der Waals surface area contributed by atoms with Crippen molar-refractivity contribution < 1.29 is 23.9 Å². The third-order valence-electron chi connectivity index (χ3n) is 6.97. The Bertz CT molecular complexity index is 1460. The largest absolute Gasteiger partial charge is 0.465 e. The van der Waals surface area contributed by atoms with Gasteiger partial charge in [-0.1, -0.05) is 35.3 Å². The van der Waals surface area contributed by atoms with E-state index in [0.717, 1.165) is 17.9 Å². The number of aromatic nitrogens is 1. The van der Waals surface area contributed by atoms with Crippen molar-refractivity contribution in [3.8, 4) is 11.5 Å². The number of para-hydroxylation sites is 2. The SMILES string of the molecule is CCOC(=O)CNC(=O)CCc1cc(Cl)c(Oc2ccncc2C(=O)N2CCN(C3CC3)c3ccccc32)cc1Cl. The molecule has 0 bridgehead atoms. The molecule has 5 rings (SSSR count). The summed E-state index contributed by atoms with van der Waals surface area (Å²) in [4.78, 5) is 45.7. The fraction of sp³-hybridized carbons (Fsp3) is 0.333. The molecule has 214 valence electrons. The standard InChI is InChI=1S/C30H30Cl2N4O5/c1-2-40-29(38)18-34-28(37)10-7-19-15-23(32)27(16-22(19)31)41-26-11-12-33-17-21(26)30(39)36-14-13-35(20-8-9-20)24-5-3-4-6-25(24)36/h3-6,11-12,15-17,20H,2,7-10,13-14,18H2,1H3,(H,34,37). The molecule has 0 atom stereocenters. The van der Waals surface area contributed by atoms with Crippen LogP contribution in [-0.2, 0) is 20.7 Å². The van der Waals surface area contributed by atoms with E-state index in [1.165, 1.54) is 19.0 Å². The number of pyridine rings is 1. The monoisotopic (exact) mass is 596 g/mol. The number of halogens is 2. The number of esters is 1. The molecule has 0 saturated heterocycles. The quantitative estimate of drug-likeness (QED) is 0.312. The molecule has 11 heteroatoms. The smallest absolute Gasteiger partial charge is 0.325 e. The zero-order valence-corrected chi connectivity index (χ0v) is 24.1. The number of hydrogen-bond acceptors (Lipinski definition) is 7. The van der Waals surface area contributed by atoms with Crippen LogP contribution in [0.5, 0.6) is 11.5 Å². The highest BCUT2D eigenvalue weighted by molar-refractivity contribution is 6.34. The lowest BCUT2D eigenvalue weighted by Gasteiger charge is -2.38. The number of anilines is 2. The molecule has 1 N–H and O–H groups in total. The number of carbonyl (C=O) groups excluding carboxylic acids is 3. The van der Waals surface area contributed by atoms with Crippen LogP contribution in [0.4, 0.5) is 11.4 Å². The fourth-order valence-electron chi connectivity index (χ4n) is 4.81. The highest BCUT2D eigenvalue weighted by Gasteiger charge is 2.36. The number of benzene rings is 2. The van der Waals surface area contributed by atoms with E-state index in [0.29, 0.717) is 40.9 Å². The molecule has 41 heavy (non-hydrogen) atoms. The Morgan fingerprint density at radius 1 is 1.02 bits per heavy atom. The molecule has 1 fully saturated rings. The van der Waals surface area contributed by atoms with Crippen LogP contribution in [0.15, 0.2) is 54.9 Å². The normalized spacial score (nSPS) is 14.3. The van der Waals surface area contributed by atoms with Gasteiger partial charge in [-0.3, -0.25) is 19.4 Å². The number of aryl methyl sites for hydroxylation is 1. The van der Waals surface area contributed by atoms with Gasteiger partial charge >= 0.3 is 5.97 Å². The Labute approximate surface area is 248 Å². The van der Waals surface area contributed by atoms with Gasteiger partial charge in [0.2, 0.25) is 5.91 Å². The molecule has 1 aliphatic heterocycles. The Kier molecular flexibility index (Phi) is 8.95. The Balaban J connectivity index is 1.29. The van der Waals surface area contributed by atoms with Gasteiger partial charge in [-0.05, 0) is 56.0 Å². The summed E-state index contributed by atoms with van der Waals surface area (Å²) in [5.74, 6) is -0.460. The lowest BCUT2D eigenvalue weighted by Crippen LogP contribution is -2.45. The summed E-state index contributed by atoms with van der Waals surface area (Å²) in [6.45, 7) is 3.06. The van der Waals surface area contributed by atoms with Crippen molar-refractivity contribution in [1.29, 1.82) is 0 Å². The summed E-state index contributed by atoms with van der Waals surface area (Å²) >= 11 is 13.0. The van der Waals surface area contributed by atoms with E-state index in [1.807, 2.05) is 18.2 Å². The summed E-state index contributed by atoms with van der Waals surface area (Å²) < 4.78 is 10.9. The van der Waals surface area contributed by atoms with E-state index in [2.05, 4.69) is 21.3 Å². The van der Waals surface area contributed by atoms with E-state index < -0.39 is 5.97 Å². The molecular weight excluding hydrogens is 567 g/mol. The van der Waals surface area contributed by atoms with Gasteiger partial charge in [0.1, 0.15) is 23.6 Å². The van der Waals surface area contributed by atoms with E-state index in [9.17, 15) is 14.4 Å². The van der Waals surface area contributed by atoms with Crippen LogP contribution in [-0.4, -0.2) is 55.1 Å². The van der Waals surface area contributed by atoms with Crippen LogP contribution in [0.1, 0.15) is 42.1 Å². The lowest BCUT2D eigenvalue weighted by atomic mass is 10.1. The zero-order chi connectivity index (χ0) is 28.9. The van der Waals surface area contributed by atoms with E-state index >= 15 is 0 Å². The van der Waals surface area contributed by atoms with Crippen molar-refractivity contribution in [3.63, 3.8) is 0 Å². The minimum atomic E-state index is -0.498. The van der Waals surface area contributed by atoms with Crippen LogP contribution < -0.4 is 19.9 Å². The first-order chi connectivity index (χ1) is 19.9. The first-order valence-corrected chi connectivity index (χ1v) is 14.3. The molecule has 2 aliphatic rings. The van der Waals surface area contributed by atoms with Gasteiger partial charge in [0.25, 0.3) is 5.91 Å². The van der Waals surface area contributed by atoms with Gasteiger partial charge in [0.15, 0.2) is 0 Å². The molecule has 1 aromatic heterocycles. The molecule has 2 amide bonds. The van der Waals surface area contributed by atoms with E-state index in [-0.39, 0.29) is 42.2 Å². The number of nitrogens with one attached hydrogen (secondary N) is 1. The fourth-order valence-corrected chi connectivity index (χ4v) is 5.29. The number of amides is 2. The van der Waals surface area contributed by atoms with Crippen molar-refractivity contribution in [1.82, 2.24) is 10.3 Å². The maximum absolute atomic E-state index is 13.8. The van der Waals surface area contributed by atoms with Crippen LogP contribution >= 0.6 is 23.2 Å². The number of hydrogen-bond donors (Lipinski definition) is 1. The first kappa shape index (κ1) is 28.7. The Morgan fingerprint density at radius 2 is 1.80 bits per heavy atom.